The van der Waals surface area contributed by atoms with E-state index >= 15 is 0 Å². The Kier molecular flexibility index (Phi) is 7.92. The minimum atomic E-state index is 0.595. The van der Waals surface area contributed by atoms with E-state index in [2.05, 4.69) is 47.9 Å². The van der Waals surface area contributed by atoms with Gasteiger partial charge in [-0.15, -0.1) is 0 Å². The summed E-state index contributed by atoms with van der Waals surface area (Å²) < 4.78 is 5.43. The Morgan fingerprint density at radius 3 is 2.70 bits per heavy atom. The average molecular weight is 284 g/mol. The Labute approximate surface area is 124 Å². The van der Waals surface area contributed by atoms with Crippen molar-refractivity contribution in [1.29, 1.82) is 0 Å². The summed E-state index contributed by atoms with van der Waals surface area (Å²) in [5.74, 6) is 1.62. The lowest BCUT2D eigenvalue weighted by atomic mass is 10.1. The molecule has 1 unspecified atom stereocenters. The van der Waals surface area contributed by atoms with Crippen molar-refractivity contribution in [2.45, 2.75) is 33.2 Å². The summed E-state index contributed by atoms with van der Waals surface area (Å²) in [5, 5.41) is 3.46. The quantitative estimate of drug-likeness (QED) is 0.564. The lowest BCUT2D eigenvalue weighted by molar-refractivity contribution is 0.181. The first-order chi connectivity index (χ1) is 9.58. The van der Waals surface area contributed by atoms with Crippen LogP contribution in [0.5, 0.6) is 0 Å². The summed E-state index contributed by atoms with van der Waals surface area (Å²) in [5.41, 5.74) is 0. The van der Waals surface area contributed by atoms with Crippen molar-refractivity contribution in [3.05, 3.63) is 0 Å². The molecule has 1 heterocycles. The predicted molar refractivity (Wildman–Crippen MR) is 85.3 cm³/mol. The molecule has 0 amide bonds. The molecule has 1 aliphatic rings. The first-order valence-corrected chi connectivity index (χ1v) is 7.82. The number of hydrogen-bond donors (Lipinski definition) is 1. The molecule has 5 heteroatoms. The zero-order valence-corrected chi connectivity index (χ0v) is 13.9. The molecule has 0 aliphatic carbocycles. The maximum absolute atomic E-state index is 5.43. The highest BCUT2D eigenvalue weighted by molar-refractivity contribution is 5.79. The Hall–Kier alpha value is -0.810. The van der Waals surface area contributed by atoms with E-state index in [0.717, 1.165) is 51.8 Å². The molecule has 1 atom stereocenters. The van der Waals surface area contributed by atoms with Crippen LogP contribution in [0.4, 0.5) is 0 Å². The van der Waals surface area contributed by atoms with Crippen LogP contribution in [0, 0.1) is 5.92 Å². The third-order valence-corrected chi connectivity index (χ3v) is 3.95. The summed E-state index contributed by atoms with van der Waals surface area (Å²) in [6.45, 7) is 12.6. The van der Waals surface area contributed by atoms with Crippen LogP contribution in [-0.2, 0) is 4.74 Å². The van der Waals surface area contributed by atoms with Crippen molar-refractivity contribution in [3.63, 3.8) is 0 Å². The molecule has 0 aromatic heterocycles. The van der Waals surface area contributed by atoms with E-state index in [4.69, 9.17) is 4.74 Å². The molecule has 0 bridgehead atoms. The fraction of sp³-hybridized carbons (Fsp3) is 0.933. The number of likely N-dealkylation sites (N-methyl/N-ethyl adjacent to an activating group) is 1. The van der Waals surface area contributed by atoms with Gasteiger partial charge in [0.25, 0.3) is 0 Å². The van der Waals surface area contributed by atoms with Gasteiger partial charge in [-0.2, -0.15) is 0 Å². The number of hydrogen-bond acceptors (Lipinski definition) is 3. The van der Waals surface area contributed by atoms with Gasteiger partial charge in [0, 0.05) is 52.3 Å². The zero-order valence-electron chi connectivity index (χ0n) is 13.9. The molecule has 0 radical (unpaired) electrons. The van der Waals surface area contributed by atoms with E-state index in [1.165, 1.54) is 0 Å². The minimum Gasteiger partial charge on any atom is -0.381 e. The van der Waals surface area contributed by atoms with Gasteiger partial charge < -0.3 is 15.0 Å². The standard InChI is InChI=1S/C15H32N4O/c1-6-19(13(2)3)9-8-17-15(16-4)18(5)11-14-7-10-20-12-14/h13-14H,6-12H2,1-5H3,(H,16,17). The molecular formula is C15H32N4O. The summed E-state index contributed by atoms with van der Waals surface area (Å²) in [4.78, 5) is 9.03. The summed E-state index contributed by atoms with van der Waals surface area (Å²) in [6.07, 6.45) is 1.16. The summed E-state index contributed by atoms with van der Waals surface area (Å²) in [7, 11) is 3.96. The highest BCUT2D eigenvalue weighted by Gasteiger charge is 2.19. The van der Waals surface area contributed by atoms with Gasteiger partial charge in [0.15, 0.2) is 5.96 Å². The van der Waals surface area contributed by atoms with Gasteiger partial charge in [0.05, 0.1) is 6.61 Å². The lowest BCUT2D eigenvalue weighted by Crippen LogP contribution is -2.45. The Morgan fingerprint density at radius 2 is 2.20 bits per heavy atom. The maximum Gasteiger partial charge on any atom is 0.193 e. The molecule has 1 aliphatic heterocycles. The number of aliphatic imine (C=N–C) groups is 1. The number of nitrogens with one attached hydrogen (secondary N) is 1. The molecule has 0 aromatic carbocycles. The molecule has 1 saturated heterocycles. The summed E-state index contributed by atoms with van der Waals surface area (Å²) in [6, 6.07) is 0.595. The van der Waals surface area contributed by atoms with Crippen molar-refractivity contribution in [2.24, 2.45) is 10.9 Å². The predicted octanol–water partition coefficient (Wildman–Crippen LogP) is 1.26. The molecule has 1 fully saturated rings. The number of nitrogens with zero attached hydrogens (tertiary/aromatic N) is 3. The van der Waals surface area contributed by atoms with E-state index in [9.17, 15) is 0 Å². The average Bonchev–Trinajstić information content (AvgIpc) is 2.91. The van der Waals surface area contributed by atoms with Crippen molar-refractivity contribution in [1.82, 2.24) is 15.1 Å². The Bertz CT molecular complexity index is 288. The fourth-order valence-corrected chi connectivity index (χ4v) is 2.68. The monoisotopic (exact) mass is 284 g/mol. The molecular weight excluding hydrogens is 252 g/mol. The molecule has 1 rings (SSSR count). The third-order valence-electron chi connectivity index (χ3n) is 3.95. The van der Waals surface area contributed by atoms with Gasteiger partial charge in [-0.05, 0) is 26.8 Å². The highest BCUT2D eigenvalue weighted by Crippen LogP contribution is 2.13. The second-order valence-electron chi connectivity index (χ2n) is 5.81. The second kappa shape index (κ2) is 9.19. The molecule has 5 nitrogen and oxygen atoms in total. The van der Waals surface area contributed by atoms with Crippen LogP contribution in [0.3, 0.4) is 0 Å². The molecule has 0 aromatic rings. The lowest BCUT2D eigenvalue weighted by Gasteiger charge is -2.27. The van der Waals surface area contributed by atoms with Gasteiger partial charge >= 0.3 is 0 Å². The summed E-state index contributed by atoms with van der Waals surface area (Å²) >= 11 is 0. The smallest absolute Gasteiger partial charge is 0.193 e. The van der Waals surface area contributed by atoms with Crippen LogP contribution in [-0.4, -0.2) is 75.3 Å². The van der Waals surface area contributed by atoms with Crippen LogP contribution >= 0.6 is 0 Å². The van der Waals surface area contributed by atoms with Crippen molar-refractivity contribution < 1.29 is 4.74 Å². The SMILES string of the molecule is CCN(CCNC(=NC)N(C)CC1CCOC1)C(C)C. The van der Waals surface area contributed by atoms with Crippen LogP contribution in [0.25, 0.3) is 0 Å². The van der Waals surface area contributed by atoms with Gasteiger partial charge in [-0.25, -0.2) is 0 Å². The van der Waals surface area contributed by atoms with Crippen LogP contribution in [0.2, 0.25) is 0 Å². The first kappa shape index (κ1) is 17.2. The van der Waals surface area contributed by atoms with Gasteiger partial charge in [-0.3, -0.25) is 9.89 Å². The van der Waals surface area contributed by atoms with Crippen molar-refractivity contribution in [3.8, 4) is 0 Å². The maximum atomic E-state index is 5.43. The van der Waals surface area contributed by atoms with E-state index in [1.807, 2.05) is 7.05 Å². The molecule has 0 saturated carbocycles. The third kappa shape index (κ3) is 5.67. The van der Waals surface area contributed by atoms with Gasteiger partial charge in [-0.1, -0.05) is 6.92 Å². The second-order valence-corrected chi connectivity index (χ2v) is 5.81. The number of ether oxygens (including phenoxy) is 1. The van der Waals surface area contributed by atoms with Gasteiger partial charge in [0.1, 0.15) is 0 Å². The molecule has 118 valence electrons. The normalized spacial score (nSPS) is 19.9. The largest absolute Gasteiger partial charge is 0.381 e. The van der Waals surface area contributed by atoms with E-state index in [1.54, 1.807) is 0 Å². The number of guanidine groups is 1. The van der Waals surface area contributed by atoms with Gasteiger partial charge in [0.2, 0.25) is 0 Å². The topological polar surface area (TPSA) is 40.1 Å². The number of rotatable bonds is 7. The van der Waals surface area contributed by atoms with Crippen molar-refractivity contribution >= 4 is 5.96 Å². The van der Waals surface area contributed by atoms with Crippen LogP contribution in [0.1, 0.15) is 27.2 Å². The van der Waals surface area contributed by atoms with Crippen LogP contribution in [0.15, 0.2) is 4.99 Å². The Balaban J connectivity index is 2.31. The molecule has 0 spiro atoms. The van der Waals surface area contributed by atoms with Crippen molar-refractivity contribution in [2.75, 3.05) is 53.5 Å². The minimum absolute atomic E-state index is 0.595. The molecule has 20 heavy (non-hydrogen) atoms. The van der Waals surface area contributed by atoms with E-state index < -0.39 is 0 Å². The van der Waals surface area contributed by atoms with Crippen LogP contribution < -0.4 is 5.32 Å². The first-order valence-electron chi connectivity index (χ1n) is 7.82. The fourth-order valence-electron chi connectivity index (χ4n) is 2.68. The molecule has 1 N–H and O–H groups in total. The van der Waals surface area contributed by atoms with E-state index in [-0.39, 0.29) is 0 Å². The Morgan fingerprint density at radius 1 is 1.45 bits per heavy atom. The van der Waals surface area contributed by atoms with E-state index in [0.29, 0.717) is 12.0 Å². The highest BCUT2D eigenvalue weighted by atomic mass is 16.5. The zero-order chi connectivity index (χ0) is 15.0.